The Labute approximate surface area is 186 Å². The summed E-state index contributed by atoms with van der Waals surface area (Å²) in [5.74, 6) is 1.18. The third-order valence-electron chi connectivity index (χ3n) is 4.85. The number of nitrogens with one attached hydrogen (secondary N) is 2. The minimum absolute atomic E-state index is 0.259. The Kier molecular flexibility index (Phi) is 7.41. The van der Waals surface area contributed by atoms with E-state index in [1.807, 2.05) is 0 Å². The van der Waals surface area contributed by atoms with Crippen LogP contribution in [0.2, 0.25) is 0 Å². The van der Waals surface area contributed by atoms with Crippen molar-refractivity contribution in [3.8, 4) is 17.2 Å². The van der Waals surface area contributed by atoms with E-state index >= 15 is 0 Å². The highest BCUT2D eigenvalue weighted by atomic mass is 16.5. The van der Waals surface area contributed by atoms with Crippen LogP contribution in [-0.2, 0) is 6.42 Å². The van der Waals surface area contributed by atoms with Crippen molar-refractivity contribution in [1.29, 1.82) is 0 Å². The first-order chi connectivity index (χ1) is 15.4. The van der Waals surface area contributed by atoms with Crippen molar-refractivity contribution in [3.63, 3.8) is 0 Å². The Morgan fingerprint density at radius 3 is 2.16 bits per heavy atom. The molecule has 3 aromatic rings. The quantitative estimate of drug-likeness (QED) is 0.299. The van der Waals surface area contributed by atoms with E-state index in [2.05, 4.69) is 10.6 Å². The second-order valence-corrected chi connectivity index (χ2v) is 7.02. The fourth-order valence-electron chi connectivity index (χ4n) is 3.23. The lowest BCUT2D eigenvalue weighted by atomic mass is 10.1. The fourth-order valence-corrected chi connectivity index (χ4v) is 3.23. The summed E-state index contributed by atoms with van der Waals surface area (Å²) in [6, 6.07) is 17.5. The standard InChI is InChI=1S/C24H27N3O5/c1-30-20-13-17(14-21(31-2)23(20)32-3)26-22(28)12-15-8-10-16(11-9-15)24(29)27-19-7-5-4-6-18(19)25/h4-11,13-14,22,26,28H,12,25H2,1-3H3,(H,27,29). The summed E-state index contributed by atoms with van der Waals surface area (Å²) in [5.41, 5.74) is 8.89. The number of para-hydroxylation sites is 2. The Balaban J connectivity index is 1.64. The van der Waals surface area contributed by atoms with Gasteiger partial charge in [-0.05, 0) is 29.8 Å². The van der Waals surface area contributed by atoms with Gasteiger partial charge >= 0.3 is 0 Å². The molecule has 0 aliphatic heterocycles. The number of carbonyl (C=O) groups excluding carboxylic acids is 1. The van der Waals surface area contributed by atoms with Crippen molar-refractivity contribution >= 4 is 23.0 Å². The van der Waals surface area contributed by atoms with Gasteiger partial charge < -0.3 is 35.7 Å². The van der Waals surface area contributed by atoms with Gasteiger partial charge in [0.1, 0.15) is 6.23 Å². The van der Waals surface area contributed by atoms with Gasteiger partial charge in [0.2, 0.25) is 5.75 Å². The number of nitrogens with two attached hydrogens (primary N) is 1. The van der Waals surface area contributed by atoms with Crippen molar-refractivity contribution < 1.29 is 24.1 Å². The van der Waals surface area contributed by atoms with Crippen LogP contribution in [0.4, 0.5) is 17.1 Å². The van der Waals surface area contributed by atoms with Gasteiger partial charge in [-0.3, -0.25) is 4.79 Å². The molecule has 0 radical (unpaired) electrons. The first-order valence-electron chi connectivity index (χ1n) is 9.94. The number of aliphatic hydroxyl groups excluding tert-OH is 1. The second kappa shape index (κ2) is 10.4. The van der Waals surface area contributed by atoms with E-state index < -0.39 is 6.23 Å². The molecule has 5 N–H and O–H groups in total. The van der Waals surface area contributed by atoms with E-state index in [0.717, 1.165) is 5.56 Å². The summed E-state index contributed by atoms with van der Waals surface area (Å²) < 4.78 is 16.0. The van der Waals surface area contributed by atoms with Crippen LogP contribution in [-0.4, -0.2) is 38.6 Å². The molecule has 0 aromatic heterocycles. The number of carbonyl (C=O) groups is 1. The minimum Gasteiger partial charge on any atom is -0.493 e. The molecular weight excluding hydrogens is 410 g/mol. The van der Waals surface area contributed by atoms with Gasteiger partial charge in [0.05, 0.1) is 32.7 Å². The van der Waals surface area contributed by atoms with Crippen LogP contribution in [0.15, 0.2) is 60.7 Å². The number of nitrogen functional groups attached to an aromatic ring is 1. The first-order valence-corrected chi connectivity index (χ1v) is 9.94. The monoisotopic (exact) mass is 437 g/mol. The van der Waals surface area contributed by atoms with Gasteiger partial charge in [-0.1, -0.05) is 24.3 Å². The third-order valence-corrected chi connectivity index (χ3v) is 4.85. The summed E-state index contributed by atoms with van der Waals surface area (Å²) in [4.78, 5) is 12.5. The molecule has 0 aliphatic rings. The Hall–Kier alpha value is -3.91. The van der Waals surface area contributed by atoms with Crippen LogP contribution in [0.3, 0.4) is 0 Å². The maximum atomic E-state index is 12.5. The summed E-state index contributed by atoms with van der Waals surface area (Å²) >= 11 is 0. The summed E-state index contributed by atoms with van der Waals surface area (Å²) in [6.07, 6.45) is -0.550. The van der Waals surface area contributed by atoms with Crippen LogP contribution >= 0.6 is 0 Å². The average Bonchev–Trinajstić information content (AvgIpc) is 2.80. The molecule has 8 heteroatoms. The average molecular weight is 437 g/mol. The van der Waals surface area contributed by atoms with Crippen LogP contribution in [0.1, 0.15) is 15.9 Å². The van der Waals surface area contributed by atoms with Crippen molar-refractivity contribution in [1.82, 2.24) is 0 Å². The lowest BCUT2D eigenvalue weighted by Gasteiger charge is -2.18. The van der Waals surface area contributed by atoms with E-state index in [4.69, 9.17) is 19.9 Å². The molecule has 0 aliphatic carbocycles. The van der Waals surface area contributed by atoms with Crippen molar-refractivity contribution in [2.75, 3.05) is 37.7 Å². The maximum absolute atomic E-state index is 12.5. The fraction of sp³-hybridized carbons (Fsp3) is 0.208. The normalized spacial score (nSPS) is 11.4. The number of hydrogen-bond donors (Lipinski definition) is 4. The first kappa shape index (κ1) is 22.8. The smallest absolute Gasteiger partial charge is 0.255 e. The molecule has 3 rings (SSSR count). The number of aliphatic hydroxyl groups is 1. The number of rotatable bonds is 9. The lowest BCUT2D eigenvalue weighted by Crippen LogP contribution is -2.21. The molecule has 32 heavy (non-hydrogen) atoms. The largest absolute Gasteiger partial charge is 0.493 e. The zero-order valence-corrected chi connectivity index (χ0v) is 18.2. The summed E-state index contributed by atoms with van der Waals surface area (Å²) in [6.45, 7) is 0. The Morgan fingerprint density at radius 1 is 0.969 bits per heavy atom. The van der Waals surface area contributed by atoms with E-state index in [1.165, 1.54) is 21.3 Å². The molecule has 0 fully saturated rings. The Bertz CT molecular complexity index is 1040. The van der Waals surface area contributed by atoms with E-state index in [1.54, 1.807) is 60.7 Å². The molecule has 3 aromatic carbocycles. The van der Waals surface area contributed by atoms with E-state index in [-0.39, 0.29) is 5.91 Å². The zero-order valence-electron chi connectivity index (χ0n) is 18.2. The van der Waals surface area contributed by atoms with E-state index in [9.17, 15) is 9.90 Å². The highest BCUT2D eigenvalue weighted by molar-refractivity contribution is 6.05. The molecule has 1 atom stereocenters. The minimum atomic E-state index is -0.874. The van der Waals surface area contributed by atoms with E-state index in [0.29, 0.717) is 46.3 Å². The lowest BCUT2D eigenvalue weighted by molar-refractivity contribution is 0.102. The maximum Gasteiger partial charge on any atom is 0.255 e. The number of anilines is 3. The molecule has 0 saturated carbocycles. The highest BCUT2D eigenvalue weighted by Crippen LogP contribution is 2.40. The SMILES string of the molecule is COc1cc(NC(O)Cc2ccc(C(=O)Nc3ccccc3N)cc2)cc(OC)c1OC. The number of benzene rings is 3. The predicted octanol–water partition coefficient (Wildman–Crippen LogP) is 3.52. The van der Waals surface area contributed by atoms with Gasteiger partial charge in [0.25, 0.3) is 5.91 Å². The number of methoxy groups -OCH3 is 3. The third kappa shape index (κ3) is 5.41. The van der Waals surface area contributed by atoms with Gasteiger partial charge in [-0.2, -0.15) is 0 Å². The Morgan fingerprint density at radius 2 is 1.59 bits per heavy atom. The second-order valence-electron chi connectivity index (χ2n) is 7.02. The number of ether oxygens (including phenoxy) is 3. The molecular formula is C24H27N3O5. The number of hydrogen-bond acceptors (Lipinski definition) is 7. The molecule has 8 nitrogen and oxygen atoms in total. The predicted molar refractivity (Wildman–Crippen MR) is 125 cm³/mol. The van der Waals surface area contributed by atoms with Gasteiger partial charge in [-0.15, -0.1) is 0 Å². The molecule has 0 heterocycles. The molecule has 168 valence electrons. The summed E-state index contributed by atoms with van der Waals surface area (Å²) in [7, 11) is 4.59. The van der Waals surface area contributed by atoms with Crippen LogP contribution in [0.25, 0.3) is 0 Å². The topological polar surface area (TPSA) is 115 Å². The van der Waals surface area contributed by atoms with Gasteiger partial charge in [0.15, 0.2) is 11.5 Å². The van der Waals surface area contributed by atoms with Crippen molar-refractivity contribution in [3.05, 3.63) is 71.8 Å². The molecule has 0 saturated heterocycles. The van der Waals surface area contributed by atoms with Crippen molar-refractivity contribution in [2.24, 2.45) is 0 Å². The highest BCUT2D eigenvalue weighted by Gasteiger charge is 2.15. The van der Waals surface area contributed by atoms with Gasteiger partial charge in [0, 0.05) is 29.8 Å². The van der Waals surface area contributed by atoms with Crippen LogP contribution in [0.5, 0.6) is 17.2 Å². The van der Waals surface area contributed by atoms with Gasteiger partial charge in [-0.25, -0.2) is 0 Å². The molecule has 0 bridgehead atoms. The van der Waals surface area contributed by atoms with Crippen LogP contribution in [0, 0.1) is 0 Å². The molecule has 0 spiro atoms. The summed E-state index contributed by atoms with van der Waals surface area (Å²) in [5, 5.41) is 16.3. The zero-order chi connectivity index (χ0) is 23.1. The number of amides is 1. The van der Waals surface area contributed by atoms with Crippen LogP contribution < -0.4 is 30.6 Å². The molecule has 1 unspecified atom stereocenters. The van der Waals surface area contributed by atoms with Crippen molar-refractivity contribution in [2.45, 2.75) is 12.6 Å². The molecule has 1 amide bonds.